The Balaban J connectivity index is 2.67. The fourth-order valence-corrected chi connectivity index (χ4v) is 2.61. The number of nitrogens with one attached hydrogen (secondary N) is 1. The highest BCUT2D eigenvalue weighted by atomic mass is 79.9. The molecule has 0 amide bonds. The summed E-state index contributed by atoms with van der Waals surface area (Å²) in [7, 11) is 0. The van der Waals surface area contributed by atoms with Crippen LogP contribution in [0.4, 0.5) is 0 Å². The normalized spacial score (nSPS) is 13.6. The maximum atomic E-state index is 4.43. The molecule has 0 radical (unpaired) electrons. The van der Waals surface area contributed by atoms with Crippen molar-refractivity contribution in [3.8, 4) is 0 Å². The average molecular weight is 302 g/mol. The molecule has 0 aromatic carbocycles. The molecule has 0 saturated carbocycles. The third-order valence-corrected chi connectivity index (χ3v) is 3.48. The van der Waals surface area contributed by atoms with Crippen molar-refractivity contribution in [1.29, 1.82) is 0 Å². The topological polar surface area (TPSA) is 29.9 Å². The number of rotatable bonds is 6. The van der Waals surface area contributed by atoms with Crippen molar-refractivity contribution < 1.29 is 0 Å². The summed E-state index contributed by atoms with van der Waals surface area (Å²) in [6.45, 7) is 12.0. The van der Waals surface area contributed by atoms with Crippen LogP contribution in [0.15, 0.2) is 10.7 Å². The monoisotopic (exact) mass is 301 g/mol. The van der Waals surface area contributed by atoms with Gasteiger partial charge in [-0.25, -0.2) is 0 Å². The Morgan fingerprint density at radius 2 is 1.94 bits per heavy atom. The van der Waals surface area contributed by atoms with Gasteiger partial charge in [0.05, 0.1) is 16.4 Å². The van der Waals surface area contributed by atoms with E-state index in [2.05, 4.69) is 65.6 Å². The Bertz CT molecular complexity index is 344. The maximum absolute atomic E-state index is 4.43. The SMILES string of the molecule is CC(C)NCCC(C)c1c(Br)cnn1C(C)C. The first kappa shape index (κ1) is 14.7. The van der Waals surface area contributed by atoms with E-state index in [9.17, 15) is 0 Å². The van der Waals surface area contributed by atoms with Gasteiger partial charge in [-0.05, 0) is 42.7 Å². The van der Waals surface area contributed by atoms with Gasteiger partial charge in [0.25, 0.3) is 0 Å². The van der Waals surface area contributed by atoms with E-state index in [1.165, 1.54) is 5.69 Å². The third-order valence-electron chi connectivity index (χ3n) is 2.87. The van der Waals surface area contributed by atoms with Crippen molar-refractivity contribution >= 4 is 15.9 Å². The minimum Gasteiger partial charge on any atom is -0.315 e. The molecule has 0 saturated heterocycles. The van der Waals surface area contributed by atoms with Gasteiger partial charge < -0.3 is 5.32 Å². The van der Waals surface area contributed by atoms with Crippen molar-refractivity contribution in [3.05, 3.63) is 16.4 Å². The van der Waals surface area contributed by atoms with Crippen LogP contribution in [0.5, 0.6) is 0 Å². The molecule has 0 fully saturated rings. The van der Waals surface area contributed by atoms with E-state index in [-0.39, 0.29) is 0 Å². The minimum absolute atomic E-state index is 0.414. The van der Waals surface area contributed by atoms with E-state index in [0.29, 0.717) is 18.0 Å². The zero-order valence-corrected chi connectivity index (χ0v) is 13.1. The van der Waals surface area contributed by atoms with Gasteiger partial charge >= 0.3 is 0 Å². The van der Waals surface area contributed by atoms with E-state index in [1.54, 1.807) is 0 Å². The second-order valence-corrected chi connectivity index (χ2v) is 6.07. The van der Waals surface area contributed by atoms with Crippen LogP contribution in [0, 0.1) is 0 Å². The first-order valence-corrected chi connectivity index (χ1v) is 7.19. The summed E-state index contributed by atoms with van der Waals surface area (Å²) < 4.78 is 3.24. The summed E-state index contributed by atoms with van der Waals surface area (Å²) >= 11 is 3.60. The maximum Gasteiger partial charge on any atom is 0.0635 e. The van der Waals surface area contributed by atoms with E-state index >= 15 is 0 Å². The van der Waals surface area contributed by atoms with Crippen molar-refractivity contribution in [2.45, 2.75) is 59.0 Å². The molecule has 17 heavy (non-hydrogen) atoms. The molecular formula is C13H24BrN3. The fraction of sp³-hybridized carbons (Fsp3) is 0.769. The van der Waals surface area contributed by atoms with E-state index in [1.807, 2.05) is 6.20 Å². The Morgan fingerprint density at radius 3 is 2.47 bits per heavy atom. The summed E-state index contributed by atoms with van der Waals surface area (Å²) in [5.41, 5.74) is 1.31. The van der Waals surface area contributed by atoms with E-state index in [4.69, 9.17) is 0 Å². The van der Waals surface area contributed by atoms with Crippen LogP contribution in [0.1, 0.15) is 58.7 Å². The lowest BCUT2D eigenvalue weighted by molar-refractivity contribution is 0.469. The van der Waals surface area contributed by atoms with Gasteiger partial charge in [-0.15, -0.1) is 0 Å². The Morgan fingerprint density at radius 1 is 1.29 bits per heavy atom. The Labute approximate surface area is 113 Å². The molecule has 0 bridgehead atoms. The van der Waals surface area contributed by atoms with Crippen LogP contribution in [0.25, 0.3) is 0 Å². The summed E-state index contributed by atoms with van der Waals surface area (Å²) in [5, 5.41) is 7.89. The standard InChI is InChI=1S/C13H24BrN3/c1-9(2)15-7-6-11(5)13-12(14)8-16-17(13)10(3)4/h8-11,15H,6-7H2,1-5H3. The predicted molar refractivity (Wildman–Crippen MR) is 76.5 cm³/mol. The third kappa shape index (κ3) is 4.11. The first-order valence-electron chi connectivity index (χ1n) is 6.39. The van der Waals surface area contributed by atoms with Crippen LogP contribution in [0.3, 0.4) is 0 Å². The molecule has 4 heteroatoms. The van der Waals surface area contributed by atoms with Crippen LogP contribution >= 0.6 is 15.9 Å². The van der Waals surface area contributed by atoms with Crippen LogP contribution in [-0.2, 0) is 0 Å². The number of halogens is 1. The number of hydrogen-bond acceptors (Lipinski definition) is 2. The van der Waals surface area contributed by atoms with Gasteiger partial charge in [-0.2, -0.15) is 5.10 Å². The molecule has 1 rings (SSSR count). The lowest BCUT2D eigenvalue weighted by Gasteiger charge is -2.18. The quantitative estimate of drug-likeness (QED) is 0.868. The minimum atomic E-state index is 0.414. The summed E-state index contributed by atoms with van der Waals surface area (Å²) in [6.07, 6.45) is 3.04. The van der Waals surface area contributed by atoms with Gasteiger partial charge in [0.15, 0.2) is 0 Å². The largest absolute Gasteiger partial charge is 0.315 e. The molecule has 1 heterocycles. The zero-order valence-electron chi connectivity index (χ0n) is 11.5. The highest BCUT2D eigenvalue weighted by Crippen LogP contribution is 2.28. The highest BCUT2D eigenvalue weighted by Gasteiger charge is 2.17. The molecule has 3 nitrogen and oxygen atoms in total. The lowest BCUT2D eigenvalue weighted by atomic mass is 10.0. The lowest BCUT2D eigenvalue weighted by Crippen LogP contribution is -2.25. The Kier molecular flexibility index (Phi) is 5.67. The number of aromatic nitrogens is 2. The van der Waals surface area contributed by atoms with Crippen LogP contribution in [0.2, 0.25) is 0 Å². The van der Waals surface area contributed by atoms with Crippen molar-refractivity contribution in [2.24, 2.45) is 0 Å². The molecule has 0 spiro atoms. The first-order chi connectivity index (χ1) is 7.93. The molecule has 1 atom stereocenters. The fourth-order valence-electron chi connectivity index (χ4n) is 1.95. The molecule has 0 aliphatic rings. The smallest absolute Gasteiger partial charge is 0.0635 e. The Hall–Kier alpha value is -0.350. The molecule has 0 aliphatic carbocycles. The molecule has 1 unspecified atom stereocenters. The second kappa shape index (κ2) is 6.55. The van der Waals surface area contributed by atoms with Crippen molar-refractivity contribution in [1.82, 2.24) is 15.1 Å². The van der Waals surface area contributed by atoms with Crippen molar-refractivity contribution in [2.75, 3.05) is 6.54 Å². The molecule has 98 valence electrons. The van der Waals surface area contributed by atoms with Gasteiger partial charge in [0.1, 0.15) is 0 Å². The summed E-state index contributed by atoms with van der Waals surface area (Å²) in [6, 6.07) is 0.970. The predicted octanol–water partition coefficient (Wildman–Crippen LogP) is 3.72. The second-order valence-electron chi connectivity index (χ2n) is 5.21. The van der Waals surface area contributed by atoms with E-state index in [0.717, 1.165) is 17.4 Å². The van der Waals surface area contributed by atoms with Crippen LogP contribution in [-0.4, -0.2) is 22.4 Å². The number of nitrogens with zero attached hydrogens (tertiary/aromatic N) is 2. The van der Waals surface area contributed by atoms with Gasteiger partial charge in [0.2, 0.25) is 0 Å². The molecular weight excluding hydrogens is 278 g/mol. The molecule has 1 aromatic heterocycles. The molecule has 0 aliphatic heterocycles. The van der Waals surface area contributed by atoms with Crippen LogP contribution < -0.4 is 5.32 Å². The van der Waals surface area contributed by atoms with Gasteiger partial charge in [-0.3, -0.25) is 4.68 Å². The zero-order chi connectivity index (χ0) is 13.0. The average Bonchev–Trinajstić information content (AvgIpc) is 2.59. The van der Waals surface area contributed by atoms with Crippen molar-refractivity contribution in [3.63, 3.8) is 0 Å². The summed E-state index contributed by atoms with van der Waals surface area (Å²) in [5.74, 6) is 0.514. The number of hydrogen-bond donors (Lipinski definition) is 1. The molecule has 1 aromatic rings. The van der Waals surface area contributed by atoms with E-state index < -0.39 is 0 Å². The molecule has 1 N–H and O–H groups in total. The van der Waals surface area contributed by atoms with Gasteiger partial charge in [0, 0.05) is 18.0 Å². The summed E-state index contributed by atoms with van der Waals surface area (Å²) in [4.78, 5) is 0. The van der Waals surface area contributed by atoms with Gasteiger partial charge in [-0.1, -0.05) is 20.8 Å². The highest BCUT2D eigenvalue weighted by molar-refractivity contribution is 9.10.